The fourth-order valence-electron chi connectivity index (χ4n) is 2.52. The van der Waals surface area contributed by atoms with Crippen LogP contribution in [0.25, 0.3) is 16.8 Å². The van der Waals surface area contributed by atoms with Crippen LogP contribution in [0.3, 0.4) is 0 Å². The minimum absolute atomic E-state index is 0.0196. The quantitative estimate of drug-likeness (QED) is 0.679. The lowest BCUT2D eigenvalue weighted by molar-refractivity contribution is -0.117. The average molecular weight is 337 g/mol. The lowest BCUT2D eigenvalue weighted by Gasteiger charge is -2.09. The Bertz CT molecular complexity index is 868. The van der Waals surface area contributed by atoms with E-state index in [1.807, 2.05) is 60.8 Å². The zero-order chi connectivity index (χ0) is 16.9. The third kappa shape index (κ3) is 3.84. The van der Waals surface area contributed by atoms with Gasteiger partial charge in [-0.15, -0.1) is 11.3 Å². The van der Waals surface area contributed by atoms with E-state index in [1.54, 1.807) is 24.5 Å². The van der Waals surface area contributed by atoms with Gasteiger partial charge in [0.1, 0.15) is 5.75 Å². The summed E-state index contributed by atoms with van der Waals surface area (Å²) in [5.74, 6) is 0.749. The highest BCUT2D eigenvalue weighted by atomic mass is 32.1. The Balaban J connectivity index is 1.69. The maximum Gasteiger partial charge on any atom is 0.244 e. The van der Waals surface area contributed by atoms with Gasteiger partial charge in [-0.25, -0.2) is 0 Å². The molecule has 3 rings (SSSR count). The Morgan fingerprint density at radius 3 is 2.71 bits per heavy atom. The number of fused-ring (bicyclic) bond motifs is 1. The number of nitrogens with one attached hydrogen (secondary N) is 1. The van der Waals surface area contributed by atoms with Crippen molar-refractivity contribution in [3.8, 4) is 5.75 Å². The summed E-state index contributed by atoms with van der Waals surface area (Å²) in [5.41, 5.74) is 0.992. The van der Waals surface area contributed by atoms with Crippen LogP contribution >= 0.6 is 11.3 Å². The van der Waals surface area contributed by atoms with Crippen molar-refractivity contribution in [3.63, 3.8) is 0 Å². The van der Waals surface area contributed by atoms with E-state index in [0.29, 0.717) is 0 Å². The van der Waals surface area contributed by atoms with Gasteiger partial charge in [-0.05, 0) is 59.0 Å². The summed E-state index contributed by atoms with van der Waals surface area (Å²) in [7, 11) is 1.66. The molecule has 1 amide bonds. The maximum atomic E-state index is 12.1. The molecule has 24 heavy (non-hydrogen) atoms. The van der Waals surface area contributed by atoms with Gasteiger partial charge in [0, 0.05) is 11.0 Å². The summed E-state index contributed by atoms with van der Waals surface area (Å²) >= 11 is 1.64. The number of hydrogen-bond donors (Lipinski definition) is 1. The third-order valence-corrected chi connectivity index (χ3v) is 4.88. The molecule has 1 unspecified atom stereocenters. The molecule has 0 aliphatic rings. The highest BCUT2D eigenvalue weighted by molar-refractivity contribution is 7.10. The van der Waals surface area contributed by atoms with Crippen molar-refractivity contribution in [3.05, 3.63) is 70.4 Å². The molecular formula is C20H19NO2S. The highest BCUT2D eigenvalue weighted by Crippen LogP contribution is 2.22. The summed E-state index contributed by atoms with van der Waals surface area (Å²) in [4.78, 5) is 13.2. The normalized spacial score (nSPS) is 12.4. The van der Waals surface area contributed by atoms with E-state index in [4.69, 9.17) is 4.74 Å². The highest BCUT2D eigenvalue weighted by Gasteiger charge is 2.07. The summed E-state index contributed by atoms with van der Waals surface area (Å²) in [6.45, 7) is 1.99. The van der Waals surface area contributed by atoms with Crippen molar-refractivity contribution in [2.45, 2.75) is 13.0 Å². The van der Waals surface area contributed by atoms with Crippen molar-refractivity contribution in [1.29, 1.82) is 0 Å². The number of benzene rings is 2. The fourth-order valence-corrected chi connectivity index (χ4v) is 3.25. The SMILES string of the molecule is COc1ccc2cc(C=CC(=O)NC(C)c3cccs3)ccc2c1. The lowest BCUT2D eigenvalue weighted by Crippen LogP contribution is -2.23. The molecule has 0 saturated carbocycles. The fraction of sp³-hybridized carbons (Fsp3) is 0.150. The van der Waals surface area contributed by atoms with Gasteiger partial charge >= 0.3 is 0 Å². The van der Waals surface area contributed by atoms with Gasteiger partial charge in [0.15, 0.2) is 0 Å². The van der Waals surface area contributed by atoms with Crippen LogP contribution in [-0.4, -0.2) is 13.0 Å². The van der Waals surface area contributed by atoms with E-state index in [-0.39, 0.29) is 11.9 Å². The smallest absolute Gasteiger partial charge is 0.244 e. The second-order valence-electron chi connectivity index (χ2n) is 5.55. The minimum Gasteiger partial charge on any atom is -0.497 e. The molecule has 0 saturated heterocycles. The topological polar surface area (TPSA) is 38.3 Å². The molecule has 1 aromatic heterocycles. The van der Waals surface area contributed by atoms with Gasteiger partial charge in [0.2, 0.25) is 5.91 Å². The summed E-state index contributed by atoms with van der Waals surface area (Å²) < 4.78 is 5.23. The molecule has 0 aliphatic heterocycles. The average Bonchev–Trinajstić information content (AvgIpc) is 3.14. The van der Waals surface area contributed by atoms with Crippen LogP contribution < -0.4 is 10.1 Å². The second kappa shape index (κ2) is 7.32. The molecule has 0 fully saturated rings. The predicted molar refractivity (Wildman–Crippen MR) is 100 cm³/mol. The Kier molecular flexibility index (Phi) is 4.96. The molecule has 0 aliphatic carbocycles. The molecule has 2 aromatic carbocycles. The number of carbonyl (C=O) groups excluding carboxylic acids is 1. The van der Waals surface area contributed by atoms with E-state index in [9.17, 15) is 4.79 Å². The zero-order valence-corrected chi connectivity index (χ0v) is 14.5. The third-order valence-electron chi connectivity index (χ3n) is 3.83. The Hall–Kier alpha value is -2.59. The van der Waals surface area contributed by atoms with Crippen LogP contribution in [-0.2, 0) is 4.79 Å². The van der Waals surface area contributed by atoms with Crippen molar-refractivity contribution in [1.82, 2.24) is 5.32 Å². The van der Waals surface area contributed by atoms with Crippen molar-refractivity contribution in [2.24, 2.45) is 0 Å². The standard InChI is InChI=1S/C20H19NO2S/c1-14(19-4-3-11-24-19)21-20(22)10-6-15-5-7-17-13-18(23-2)9-8-16(17)12-15/h3-14H,1-2H3,(H,21,22). The van der Waals surface area contributed by atoms with E-state index in [2.05, 4.69) is 11.4 Å². The Morgan fingerprint density at radius 2 is 1.96 bits per heavy atom. The van der Waals surface area contributed by atoms with Gasteiger partial charge in [0.25, 0.3) is 0 Å². The van der Waals surface area contributed by atoms with E-state index < -0.39 is 0 Å². The van der Waals surface area contributed by atoms with Crippen LogP contribution in [0.15, 0.2) is 60.0 Å². The molecule has 1 N–H and O–H groups in total. The number of hydrogen-bond acceptors (Lipinski definition) is 3. The molecule has 3 nitrogen and oxygen atoms in total. The second-order valence-corrected chi connectivity index (χ2v) is 6.53. The number of amides is 1. The van der Waals surface area contributed by atoms with E-state index in [1.165, 1.54) is 0 Å². The number of rotatable bonds is 5. The van der Waals surface area contributed by atoms with Crippen molar-refractivity contribution >= 4 is 34.1 Å². The first-order valence-electron chi connectivity index (χ1n) is 7.75. The van der Waals surface area contributed by atoms with Gasteiger partial charge in [-0.2, -0.15) is 0 Å². The molecule has 1 atom stereocenters. The summed E-state index contributed by atoms with van der Waals surface area (Å²) in [6.07, 6.45) is 3.41. The minimum atomic E-state index is -0.0919. The first kappa shape index (κ1) is 16.3. The first-order chi connectivity index (χ1) is 11.7. The van der Waals surface area contributed by atoms with Crippen LogP contribution in [0.1, 0.15) is 23.4 Å². The number of thiophene rings is 1. The number of ether oxygens (including phenoxy) is 1. The van der Waals surface area contributed by atoms with Crippen molar-refractivity contribution in [2.75, 3.05) is 7.11 Å². The molecule has 3 aromatic rings. The summed E-state index contributed by atoms with van der Waals surface area (Å²) in [5, 5.41) is 7.21. The molecule has 0 radical (unpaired) electrons. The predicted octanol–water partition coefficient (Wildman–Crippen LogP) is 4.80. The first-order valence-corrected chi connectivity index (χ1v) is 8.63. The lowest BCUT2D eigenvalue weighted by atomic mass is 10.1. The molecular weight excluding hydrogens is 318 g/mol. The zero-order valence-electron chi connectivity index (χ0n) is 13.7. The summed E-state index contributed by atoms with van der Waals surface area (Å²) in [6, 6.07) is 16.1. The maximum absolute atomic E-state index is 12.1. The number of methoxy groups -OCH3 is 1. The van der Waals surface area contributed by atoms with Crippen molar-refractivity contribution < 1.29 is 9.53 Å². The largest absolute Gasteiger partial charge is 0.497 e. The monoisotopic (exact) mass is 337 g/mol. The molecule has 1 heterocycles. The van der Waals surface area contributed by atoms with Gasteiger partial charge < -0.3 is 10.1 Å². The van der Waals surface area contributed by atoms with Gasteiger partial charge in [-0.1, -0.05) is 24.3 Å². The Labute approximate surface area is 145 Å². The number of carbonyl (C=O) groups is 1. The van der Waals surface area contributed by atoms with Crippen LogP contribution in [0.5, 0.6) is 5.75 Å². The molecule has 122 valence electrons. The molecule has 0 spiro atoms. The van der Waals surface area contributed by atoms with E-state index >= 15 is 0 Å². The van der Waals surface area contributed by atoms with E-state index in [0.717, 1.165) is 27.0 Å². The van der Waals surface area contributed by atoms with Gasteiger partial charge in [-0.3, -0.25) is 4.79 Å². The van der Waals surface area contributed by atoms with Crippen LogP contribution in [0.2, 0.25) is 0 Å². The van der Waals surface area contributed by atoms with Gasteiger partial charge in [0.05, 0.1) is 13.2 Å². The molecule has 0 bridgehead atoms. The van der Waals surface area contributed by atoms with Crippen LogP contribution in [0.4, 0.5) is 0 Å². The van der Waals surface area contributed by atoms with Crippen LogP contribution in [0, 0.1) is 0 Å². The molecule has 4 heteroatoms. The Morgan fingerprint density at radius 1 is 1.17 bits per heavy atom.